The Morgan fingerprint density at radius 2 is 1.69 bits per heavy atom. The number of rotatable bonds is 3. The molecule has 3 aromatic rings. The number of aryl methyl sites for hydroxylation is 3. The van der Waals surface area contributed by atoms with Crippen LogP contribution >= 0.6 is 0 Å². The van der Waals surface area contributed by atoms with Gasteiger partial charge in [-0.1, -0.05) is 52.1 Å². The normalized spacial score (nSPS) is 10.4. The van der Waals surface area contributed by atoms with Crippen molar-refractivity contribution in [1.82, 2.24) is 4.98 Å². The number of aromatic nitrogens is 1. The minimum Gasteiger partial charge on any atom is -0.512 e. The largest absolute Gasteiger partial charge is 0.512 e. The maximum absolute atomic E-state index is 10.0. The van der Waals surface area contributed by atoms with Gasteiger partial charge < -0.3 is 10.1 Å². The Kier molecular flexibility index (Phi) is 9.71. The van der Waals surface area contributed by atoms with Crippen molar-refractivity contribution in [2.75, 3.05) is 0 Å². The summed E-state index contributed by atoms with van der Waals surface area (Å²) in [6.45, 7) is 9.33. The zero-order chi connectivity index (χ0) is 20.7. The van der Waals surface area contributed by atoms with Gasteiger partial charge in [-0.2, -0.15) is 0 Å². The van der Waals surface area contributed by atoms with Crippen LogP contribution in [0.4, 0.5) is 0 Å². The van der Waals surface area contributed by atoms with Gasteiger partial charge in [0.2, 0.25) is 0 Å². The zero-order valence-corrected chi connectivity index (χ0v) is 19.7. The predicted octanol–water partition coefficient (Wildman–Crippen LogP) is 6.18. The monoisotopic (exact) mass is 567 g/mol. The summed E-state index contributed by atoms with van der Waals surface area (Å²) in [5.41, 5.74) is 8.41. The van der Waals surface area contributed by atoms with E-state index in [1.807, 2.05) is 36.5 Å². The average Bonchev–Trinajstić information content (AvgIpc) is 2.61. The van der Waals surface area contributed by atoms with Gasteiger partial charge in [0, 0.05) is 33.3 Å². The molecule has 0 amide bonds. The number of allylic oxidation sites excluding steroid dienone is 2. The molecular formula is C25H26NO2Pt-. The van der Waals surface area contributed by atoms with Crippen LogP contribution in [-0.2, 0) is 25.9 Å². The summed E-state index contributed by atoms with van der Waals surface area (Å²) in [4.78, 5) is 14.5. The van der Waals surface area contributed by atoms with Crippen LogP contribution in [0.2, 0.25) is 0 Å². The summed E-state index contributed by atoms with van der Waals surface area (Å²) in [5, 5.41) is 8.36. The van der Waals surface area contributed by atoms with Crippen molar-refractivity contribution in [2.45, 2.75) is 34.6 Å². The van der Waals surface area contributed by atoms with Crippen LogP contribution in [0.25, 0.3) is 22.4 Å². The van der Waals surface area contributed by atoms with Gasteiger partial charge >= 0.3 is 0 Å². The molecule has 29 heavy (non-hydrogen) atoms. The molecule has 0 atom stereocenters. The molecule has 4 heteroatoms. The molecule has 1 aromatic heterocycles. The molecule has 1 heterocycles. The summed E-state index contributed by atoms with van der Waals surface area (Å²) >= 11 is 0. The van der Waals surface area contributed by atoms with Crippen molar-refractivity contribution >= 4 is 5.78 Å². The van der Waals surface area contributed by atoms with E-state index in [1.54, 1.807) is 0 Å². The summed E-state index contributed by atoms with van der Waals surface area (Å²) in [5.74, 6) is -0.0625. The summed E-state index contributed by atoms with van der Waals surface area (Å²) in [6, 6.07) is 20.0. The Hall–Kier alpha value is -2.51. The first-order valence-corrected chi connectivity index (χ1v) is 9.17. The average molecular weight is 568 g/mol. The van der Waals surface area contributed by atoms with Crippen LogP contribution in [0.5, 0.6) is 0 Å². The van der Waals surface area contributed by atoms with Crippen LogP contribution in [0.1, 0.15) is 30.5 Å². The van der Waals surface area contributed by atoms with E-state index in [0.29, 0.717) is 0 Å². The SMILES string of the molecule is CC(=O)/C=C(/C)O.Cc1cc(C)c(-c2ccc[c-]c2-c2ccccn2)c(C)c1.[Pt]. The smallest absolute Gasteiger partial charge is 0.155 e. The number of aliphatic hydroxyl groups excluding tert-OH is 1. The van der Waals surface area contributed by atoms with Crippen molar-refractivity contribution in [2.24, 2.45) is 0 Å². The Labute approximate surface area is 187 Å². The fraction of sp³-hybridized carbons (Fsp3) is 0.200. The Morgan fingerprint density at radius 1 is 1.03 bits per heavy atom. The number of carbonyl (C=O) groups excluding carboxylic acids is 1. The number of ketones is 1. The molecule has 3 rings (SSSR count). The quantitative estimate of drug-likeness (QED) is 0.234. The van der Waals surface area contributed by atoms with Gasteiger partial charge in [0.15, 0.2) is 5.78 Å². The molecule has 0 aliphatic rings. The molecule has 3 nitrogen and oxygen atoms in total. The number of hydrogen-bond donors (Lipinski definition) is 1. The first-order valence-electron chi connectivity index (χ1n) is 9.17. The molecular weight excluding hydrogens is 541 g/mol. The van der Waals surface area contributed by atoms with Crippen molar-refractivity contribution < 1.29 is 31.0 Å². The standard InChI is InChI=1S/C20H18N.C5H8O2.Pt/c1-14-12-15(2)20(16(3)13-14)18-9-5-4-8-17(18)19-10-6-7-11-21-19;1-4(6)3-5(2)7;/h4-7,9-13H,1-3H3;3,6H,1-2H3;/q-1;;/b;4-3-;. The molecule has 0 bridgehead atoms. The van der Waals surface area contributed by atoms with Crippen molar-refractivity contribution in [3.63, 3.8) is 0 Å². The zero-order valence-electron chi connectivity index (χ0n) is 17.4. The molecule has 154 valence electrons. The minimum atomic E-state index is -0.125. The van der Waals surface area contributed by atoms with Gasteiger partial charge in [0.05, 0.1) is 5.76 Å². The van der Waals surface area contributed by atoms with E-state index in [4.69, 9.17) is 5.11 Å². The molecule has 1 N–H and O–H groups in total. The van der Waals surface area contributed by atoms with Gasteiger partial charge in [-0.3, -0.25) is 4.79 Å². The second kappa shape index (κ2) is 11.5. The van der Waals surface area contributed by atoms with E-state index in [0.717, 1.165) is 11.3 Å². The summed E-state index contributed by atoms with van der Waals surface area (Å²) in [7, 11) is 0. The second-order valence-electron chi connectivity index (χ2n) is 6.84. The van der Waals surface area contributed by atoms with Gasteiger partial charge in [-0.25, -0.2) is 0 Å². The van der Waals surface area contributed by atoms with Gasteiger partial charge in [0.25, 0.3) is 0 Å². The fourth-order valence-electron chi connectivity index (χ4n) is 3.27. The molecule has 0 spiro atoms. The first-order chi connectivity index (χ1) is 13.3. The van der Waals surface area contributed by atoms with Crippen molar-refractivity contribution in [3.8, 4) is 22.4 Å². The van der Waals surface area contributed by atoms with E-state index >= 15 is 0 Å². The molecule has 0 saturated heterocycles. The molecule has 0 aliphatic carbocycles. The second-order valence-corrected chi connectivity index (χ2v) is 6.84. The van der Waals surface area contributed by atoms with Crippen LogP contribution in [0.15, 0.2) is 66.6 Å². The van der Waals surface area contributed by atoms with Crippen LogP contribution < -0.4 is 0 Å². The van der Waals surface area contributed by atoms with Crippen LogP contribution in [0, 0.1) is 26.8 Å². The van der Waals surface area contributed by atoms with E-state index < -0.39 is 0 Å². The van der Waals surface area contributed by atoms with E-state index in [1.165, 1.54) is 47.7 Å². The fourth-order valence-corrected chi connectivity index (χ4v) is 3.27. The van der Waals surface area contributed by atoms with E-state index in [9.17, 15) is 4.79 Å². The summed E-state index contributed by atoms with van der Waals surface area (Å²) < 4.78 is 0. The predicted molar refractivity (Wildman–Crippen MR) is 115 cm³/mol. The van der Waals surface area contributed by atoms with Gasteiger partial charge in [-0.05, 0) is 46.4 Å². The Balaban J connectivity index is 0.000000456. The molecule has 0 saturated carbocycles. The topological polar surface area (TPSA) is 50.2 Å². The molecule has 0 aliphatic heterocycles. The van der Waals surface area contributed by atoms with Crippen molar-refractivity contribution in [1.29, 1.82) is 0 Å². The minimum absolute atomic E-state index is 0. The Morgan fingerprint density at radius 3 is 2.17 bits per heavy atom. The van der Waals surface area contributed by atoms with Gasteiger partial charge in [0.1, 0.15) is 0 Å². The molecule has 0 fully saturated rings. The van der Waals surface area contributed by atoms with Crippen molar-refractivity contribution in [3.05, 3.63) is 89.3 Å². The Bertz CT molecular complexity index is 968. The number of nitrogens with zero attached hydrogens (tertiary/aromatic N) is 1. The maximum Gasteiger partial charge on any atom is 0.155 e. The number of hydrogen-bond acceptors (Lipinski definition) is 3. The van der Waals surface area contributed by atoms with Gasteiger partial charge in [-0.15, -0.1) is 29.8 Å². The summed E-state index contributed by atoms with van der Waals surface area (Å²) in [6.07, 6.45) is 2.99. The van der Waals surface area contributed by atoms with Crippen LogP contribution in [0.3, 0.4) is 0 Å². The third kappa shape index (κ3) is 7.10. The number of benzene rings is 2. The molecule has 0 radical (unpaired) electrons. The first kappa shape index (κ1) is 24.5. The molecule has 2 aromatic carbocycles. The third-order valence-corrected chi connectivity index (χ3v) is 4.14. The number of carbonyl (C=O) groups is 1. The van der Waals surface area contributed by atoms with E-state index in [-0.39, 0.29) is 32.6 Å². The molecule has 0 unspecified atom stereocenters. The third-order valence-electron chi connectivity index (χ3n) is 4.14. The number of aliphatic hydroxyl groups is 1. The van der Waals surface area contributed by atoms with Crippen LogP contribution in [-0.4, -0.2) is 15.9 Å². The maximum atomic E-state index is 10.0. The number of pyridine rings is 1. The van der Waals surface area contributed by atoms with E-state index in [2.05, 4.69) is 50.0 Å².